The summed E-state index contributed by atoms with van der Waals surface area (Å²) in [4.78, 5) is 21.2. The van der Waals surface area contributed by atoms with E-state index in [1.165, 1.54) is 12.1 Å². The van der Waals surface area contributed by atoms with Gasteiger partial charge in [-0.05, 0) is 54.8 Å². The van der Waals surface area contributed by atoms with Gasteiger partial charge in [0.25, 0.3) is 5.91 Å². The quantitative estimate of drug-likeness (QED) is 0.362. The number of carbonyl (C=O) groups is 1. The number of nitrogens with zero attached hydrogens (tertiary/aromatic N) is 2. The molecule has 0 bridgehead atoms. The van der Waals surface area contributed by atoms with E-state index in [9.17, 15) is 9.18 Å². The van der Waals surface area contributed by atoms with Crippen LogP contribution in [0.25, 0.3) is 0 Å². The topological polar surface area (TPSA) is 100.0 Å². The van der Waals surface area contributed by atoms with Crippen LogP contribution in [0.5, 0.6) is 0 Å². The molecular weight excluding hydrogens is 397 g/mol. The molecule has 2 aromatic heterocycles. The van der Waals surface area contributed by atoms with Gasteiger partial charge < -0.3 is 15.4 Å². The number of ether oxygens (including phenoxy) is 1. The lowest BCUT2D eigenvalue weighted by Gasteiger charge is -2.14. The Morgan fingerprint density at radius 1 is 1.16 bits per heavy atom. The van der Waals surface area contributed by atoms with E-state index in [1.807, 2.05) is 12.1 Å². The standard InChI is InChI=1S/C23H24FN5O2/c1-2-31-21(25)20-9-8-19(23(30)28-15-17-6-4-11-26-14-17)22(29-20)27-12-10-16-5-3-7-18(24)13-16/h3-9,11,13-14,25H,2,10,12,15H2,1H3,(H,27,29)(H,28,30). The van der Waals surface area contributed by atoms with Crippen molar-refractivity contribution < 1.29 is 13.9 Å². The van der Waals surface area contributed by atoms with Gasteiger partial charge in [-0.15, -0.1) is 0 Å². The zero-order chi connectivity index (χ0) is 22.1. The van der Waals surface area contributed by atoms with Crippen LogP contribution in [-0.2, 0) is 17.7 Å². The minimum atomic E-state index is -0.306. The molecule has 0 spiro atoms. The molecule has 1 amide bonds. The lowest BCUT2D eigenvalue weighted by atomic mass is 10.1. The van der Waals surface area contributed by atoms with E-state index in [0.29, 0.717) is 43.2 Å². The number of amides is 1. The maximum absolute atomic E-state index is 13.4. The summed E-state index contributed by atoms with van der Waals surface area (Å²) in [6.45, 7) is 2.89. The van der Waals surface area contributed by atoms with Gasteiger partial charge in [-0.1, -0.05) is 18.2 Å². The fourth-order valence-electron chi connectivity index (χ4n) is 2.92. The highest BCUT2D eigenvalue weighted by Gasteiger charge is 2.16. The van der Waals surface area contributed by atoms with Gasteiger partial charge in [-0.25, -0.2) is 9.37 Å². The summed E-state index contributed by atoms with van der Waals surface area (Å²) in [6, 6.07) is 13.2. The Morgan fingerprint density at radius 3 is 2.74 bits per heavy atom. The van der Waals surface area contributed by atoms with Gasteiger partial charge in [-0.3, -0.25) is 15.2 Å². The van der Waals surface area contributed by atoms with E-state index < -0.39 is 0 Å². The zero-order valence-electron chi connectivity index (χ0n) is 17.2. The number of pyridine rings is 2. The predicted octanol–water partition coefficient (Wildman–Crippen LogP) is 3.56. The van der Waals surface area contributed by atoms with Crippen LogP contribution < -0.4 is 10.6 Å². The third kappa shape index (κ3) is 6.33. The first-order chi connectivity index (χ1) is 15.1. The Morgan fingerprint density at radius 2 is 2.00 bits per heavy atom. The van der Waals surface area contributed by atoms with Crippen LogP contribution in [0.2, 0.25) is 0 Å². The second-order valence-corrected chi connectivity index (χ2v) is 6.71. The Bertz CT molecular complexity index is 1040. The number of rotatable bonds is 9. The molecule has 7 nitrogen and oxygen atoms in total. The molecule has 3 rings (SSSR count). The lowest BCUT2D eigenvalue weighted by molar-refractivity contribution is 0.0951. The second kappa shape index (κ2) is 10.8. The third-order valence-electron chi connectivity index (χ3n) is 4.43. The lowest BCUT2D eigenvalue weighted by Crippen LogP contribution is -2.25. The molecule has 8 heteroatoms. The molecule has 31 heavy (non-hydrogen) atoms. The number of aromatic nitrogens is 2. The summed E-state index contributed by atoms with van der Waals surface area (Å²) in [6.07, 6.45) is 3.90. The van der Waals surface area contributed by atoms with Crippen molar-refractivity contribution in [2.24, 2.45) is 0 Å². The molecule has 0 atom stereocenters. The van der Waals surface area contributed by atoms with Crippen LogP contribution in [0.1, 0.15) is 34.1 Å². The van der Waals surface area contributed by atoms with Gasteiger partial charge in [0.15, 0.2) is 0 Å². The molecule has 2 heterocycles. The fraction of sp³-hybridized carbons (Fsp3) is 0.217. The number of hydrogen-bond donors (Lipinski definition) is 3. The van der Waals surface area contributed by atoms with Crippen molar-refractivity contribution in [2.45, 2.75) is 19.9 Å². The Kier molecular flexibility index (Phi) is 7.64. The summed E-state index contributed by atoms with van der Waals surface area (Å²) >= 11 is 0. The molecule has 3 N–H and O–H groups in total. The Labute approximate surface area is 180 Å². The van der Waals surface area contributed by atoms with Gasteiger partial charge in [-0.2, -0.15) is 0 Å². The number of hydrogen-bond acceptors (Lipinski definition) is 6. The van der Waals surface area contributed by atoms with E-state index in [4.69, 9.17) is 10.1 Å². The normalized spacial score (nSPS) is 10.4. The molecule has 0 radical (unpaired) electrons. The zero-order valence-corrected chi connectivity index (χ0v) is 17.2. The average Bonchev–Trinajstić information content (AvgIpc) is 2.78. The number of nitrogens with one attached hydrogen (secondary N) is 3. The van der Waals surface area contributed by atoms with Crippen LogP contribution in [-0.4, -0.2) is 34.9 Å². The summed E-state index contributed by atoms with van der Waals surface area (Å²) < 4.78 is 18.6. The van der Waals surface area contributed by atoms with Gasteiger partial charge in [0.1, 0.15) is 17.3 Å². The third-order valence-corrected chi connectivity index (χ3v) is 4.43. The maximum atomic E-state index is 13.4. The largest absolute Gasteiger partial charge is 0.477 e. The Balaban J connectivity index is 1.74. The summed E-state index contributed by atoms with van der Waals surface area (Å²) in [5.74, 6) is -0.336. The van der Waals surface area contributed by atoms with E-state index in [1.54, 1.807) is 43.6 Å². The monoisotopic (exact) mass is 421 g/mol. The number of carbonyl (C=O) groups excluding carboxylic acids is 1. The van der Waals surface area contributed by atoms with Crippen molar-refractivity contribution in [1.29, 1.82) is 5.41 Å². The molecule has 0 fully saturated rings. The highest BCUT2D eigenvalue weighted by Crippen LogP contribution is 2.16. The smallest absolute Gasteiger partial charge is 0.255 e. The molecule has 0 saturated heterocycles. The van der Waals surface area contributed by atoms with Gasteiger partial charge in [0, 0.05) is 25.5 Å². The Hall–Kier alpha value is -3.81. The minimum absolute atomic E-state index is 0.0713. The number of benzene rings is 1. The molecule has 0 saturated carbocycles. The first-order valence-corrected chi connectivity index (χ1v) is 9.95. The molecule has 0 aliphatic rings. The average molecular weight is 421 g/mol. The number of halogens is 1. The van der Waals surface area contributed by atoms with E-state index in [2.05, 4.69) is 20.6 Å². The molecule has 160 valence electrons. The predicted molar refractivity (Wildman–Crippen MR) is 117 cm³/mol. The van der Waals surface area contributed by atoms with Gasteiger partial charge in [0.05, 0.1) is 12.2 Å². The van der Waals surface area contributed by atoms with Crippen LogP contribution in [0.4, 0.5) is 10.2 Å². The van der Waals surface area contributed by atoms with Crippen LogP contribution in [0, 0.1) is 11.2 Å². The first kappa shape index (κ1) is 21.9. The molecule has 0 unspecified atom stereocenters. The van der Waals surface area contributed by atoms with Gasteiger partial charge in [0.2, 0.25) is 5.90 Å². The van der Waals surface area contributed by atoms with Crippen molar-refractivity contribution >= 4 is 17.6 Å². The highest BCUT2D eigenvalue weighted by atomic mass is 19.1. The summed E-state index contributed by atoms with van der Waals surface area (Å²) in [5, 5.41) is 14.0. The van der Waals surface area contributed by atoms with E-state index >= 15 is 0 Å². The van der Waals surface area contributed by atoms with Crippen molar-refractivity contribution in [2.75, 3.05) is 18.5 Å². The highest BCUT2D eigenvalue weighted by molar-refractivity contribution is 6.00. The molecular formula is C23H24FN5O2. The maximum Gasteiger partial charge on any atom is 0.255 e. The summed E-state index contributed by atoms with van der Waals surface area (Å²) in [5.41, 5.74) is 2.36. The van der Waals surface area contributed by atoms with Crippen molar-refractivity contribution in [3.05, 3.63) is 89.1 Å². The second-order valence-electron chi connectivity index (χ2n) is 6.71. The first-order valence-electron chi connectivity index (χ1n) is 9.95. The van der Waals surface area contributed by atoms with Crippen LogP contribution in [0.3, 0.4) is 0 Å². The van der Waals surface area contributed by atoms with Crippen molar-refractivity contribution in [1.82, 2.24) is 15.3 Å². The molecule has 0 aliphatic carbocycles. The van der Waals surface area contributed by atoms with Gasteiger partial charge >= 0.3 is 0 Å². The van der Waals surface area contributed by atoms with E-state index in [-0.39, 0.29) is 17.6 Å². The molecule has 3 aromatic rings. The van der Waals surface area contributed by atoms with Crippen LogP contribution in [0.15, 0.2) is 60.9 Å². The molecule has 1 aromatic carbocycles. The minimum Gasteiger partial charge on any atom is -0.477 e. The SMILES string of the molecule is CCOC(=N)c1ccc(C(=O)NCc2cccnc2)c(NCCc2cccc(F)c2)n1. The van der Waals surface area contributed by atoms with E-state index in [0.717, 1.165) is 11.1 Å². The fourth-order valence-corrected chi connectivity index (χ4v) is 2.92. The van der Waals surface area contributed by atoms with Crippen molar-refractivity contribution in [3.63, 3.8) is 0 Å². The van der Waals surface area contributed by atoms with Crippen LogP contribution >= 0.6 is 0 Å². The van der Waals surface area contributed by atoms with Crippen molar-refractivity contribution in [3.8, 4) is 0 Å². The summed E-state index contributed by atoms with van der Waals surface area (Å²) in [7, 11) is 0. The number of anilines is 1. The molecule has 0 aliphatic heterocycles.